The number of hydrogen-bond acceptors (Lipinski definition) is 3. The summed E-state index contributed by atoms with van der Waals surface area (Å²) in [5.41, 5.74) is 6.68. The van der Waals surface area contributed by atoms with E-state index in [1.54, 1.807) is 28.0 Å². The van der Waals surface area contributed by atoms with Crippen LogP contribution in [0, 0.1) is 11.3 Å². The number of carbonyl (C=O) groups excluding carboxylic acids is 2. The van der Waals surface area contributed by atoms with Crippen molar-refractivity contribution in [2.75, 3.05) is 24.5 Å². The van der Waals surface area contributed by atoms with Gasteiger partial charge in [0.05, 0.1) is 10.0 Å². The van der Waals surface area contributed by atoms with Crippen LogP contribution in [0.4, 0.5) is 5.69 Å². The highest BCUT2D eigenvalue weighted by Gasteiger charge is 2.43. The third-order valence-electron chi connectivity index (χ3n) is 5.34. The monoisotopic (exact) mass is 419 g/mol. The minimum Gasteiger partial charge on any atom is -0.341 e. The van der Waals surface area contributed by atoms with Crippen LogP contribution < -0.4 is 10.6 Å². The number of rotatable bonds is 2. The minimum absolute atomic E-state index is 0. The van der Waals surface area contributed by atoms with Crippen LogP contribution >= 0.6 is 35.6 Å². The molecule has 3 rings (SSSR count). The molecule has 144 valence electrons. The van der Waals surface area contributed by atoms with E-state index < -0.39 is 5.92 Å². The molecule has 2 unspecified atom stereocenters. The summed E-state index contributed by atoms with van der Waals surface area (Å²) in [5, 5.41) is 0.838. The van der Waals surface area contributed by atoms with E-state index in [9.17, 15) is 9.59 Å². The van der Waals surface area contributed by atoms with E-state index in [-0.39, 0.29) is 35.7 Å². The first-order valence-electron chi connectivity index (χ1n) is 8.51. The quantitative estimate of drug-likeness (QED) is 0.746. The van der Waals surface area contributed by atoms with Gasteiger partial charge in [0.1, 0.15) is 5.92 Å². The van der Waals surface area contributed by atoms with Crippen molar-refractivity contribution >= 4 is 53.1 Å². The van der Waals surface area contributed by atoms with Gasteiger partial charge in [0.2, 0.25) is 11.8 Å². The van der Waals surface area contributed by atoms with Crippen LogP contribution in [0.5, 0.6) is 0 Å². The summed E-state index contributed by atoms with van der Waals surface area (Å²) >= 11 is 12.0. The lowest BCUT2D eigenvalue weighted by Gasteiger charge is -2.43. The van der Waals surface area contributed by atoms with Gasteiger partial charge in [-0.05, 0) is 36.5 Å². The summed E-state index contributed by atoms with van der Waals surface area (Å²) in [6, 6.07) is 5.15. The van der Waals surface area contributed by atoms with Crippen molar-refractivity contribution in [1.82, 2.24) is 4.90 Å². The number of benzene rings is 1. The Balaban J connectivity index is 0.00000243. The molecule has 2 heterocycles. The van der Waals surface area contributed by atoms with Crippen LogP contribution in [-0.2, 0) is 9.59 Å². The highest BCUT2D eigenvalue weighted by atomic mass is 35.5. The van der Waals surface area contributed by atoms with Crippen LogP contribution in [0.3, 0.4) is 0 Å². The molecule has 2 amide bonds. The summed E-state index contributed by atoms with van der Waals surface area (Å²) in [4.78, 5) is 29.1. The number of anilines is 1. The molecule has 2 aliphatic rings. The Kier molecular flexibility index (Phi) is 6.49. The molecule has 8 heteroatoms. The van der Waals surface area contributed by atoms with E-state index in [1.807, 2.05) is 0 Å². The SMILES string of the molecule is CC1(C)CN(C(=O)C2CCN(c3ccc(Cl)c(Cl)c3)C2=O)CCC1N.Cl. The molecule has 0 bridgehead atoms. The van der Waals surface area contributed by atoms with Gasteiger partial charge in [-0.3, -0.25) is 9.59 Å². The molecule has 0 radical (unpaired) electrons. The Morgan fingerprint density at radius 3 is 2.50 bits per heavy atom. The fourth-order valence-electron chi connectivity index (χ4n) is 3.60. The van der Waals surface area contributed by atoms with E-state index in [0.29, 0.717) is 41.8 Å². The van der Waals surface area contributed by atoms with E-state index in [0.717, 1.165) is 6.42 Å². The Labute approximate surface area is 170 Å². The van der Waals surface area contributed by atoms with Crippen LogP contribution in [0.1, 0.15) is 26.7 Å². The summed E-state index contributed by atoms with van der Waals surface area (Å²) in [6.07, 6.45) is 1.27. The van der Waals surface area contributed by atoms with Crippen LogP contribution in [0.2, 0.25) is 10.0 Å². The van der Waals surface area contributed by atoms with Crippen molar-refractivity contribution < 1.29 is 9.59 Å². The number of hydrogen-bond donors (Lipinski definition) is 1. The van der Waals surface area contributed by atoms with Gasteiger partial charge in [-0.1, -0.05) is 37.0 Å². The average Bonchev–Trinajstić information content (AvgIpc) is 2.93. The minimum atomic E-state index is -0.625. The van der Waals surface area contributed by atoms with Crippen LogP contribution in [-0.4, -0.2) is 42.4 Å². The number of nitrogens with zero attached hydrogens (tertiary/aromatic N) is 2. The number of amides is 2. The topological polar surface area (TPSA) is 66.6 Å². The summed E-state index contributed by atoms with van der Waals surface area (Å²) in [5.74, 6) is -0.886. The predicted molar refractivity (Wildman–Crippen MR) is 107 cm³/mol. The molecule has 2 aliphatic heterocycles. The van der Waals surface area contributed by atoms with Gasteiger partial charge >= 0.3 is 0 Å². The number of nitrogens with two attached hydrogens (primary N) is 1. The van der Waals surface area contributed by atoms with Crippen molar-refractivity contribution in [1.29, 1.82) is 0 Å². The first-order chi connectivity index (χ1) is 11.7. The Morgan fingerprint density at radius 2 is 1.88 bits per heavy atom. The number of likely N-dealkylation sites (tertiary alicyclic amines) is 1. The number of piperidine rings is 1. The van der Waals surface area contributed by atoms with Gasteiger partial charge in [0.25, 0.3) is 0 Å². The maximum atomic E-state index is 12.9. The molecule has 2 saturated heterocycles. The second-order valence-corrected chi connectivity index (χ2v) is 8.39. The van der Waals surface area contributed by atoms with Gasteiger partial charge in [0, 0.05) is 31.4 Å². The third-order valence-corrected chi connectivity index (χ3v) is 6.08. The maximum Gasteiger partial charge on any atom is 0.239 e. The van der Waals surface area contributed by atoms with Gasteiger partial charge in [-0.25, -0.2) is 0 Å². The fraction of sp³-hybridized carbons (Fsp3) is 0.556. The smallest absolute Gasteiger partial charge is 0.239 e. The average molecular weight is 421 g/mol. The lowest BCUT2D eigenvalue weighted by molar-refractivity contribution is -0.142. The second kappa shape index (κ2) is 7.93. The molecule has 0 spiro atoms. The van der Waals surface area contributed by atoms with Crippen molar-refractivity contribution in [3.63, 3.8) is 0 Å². The van der Waals surface area contributed by atoms with Crippen LogP contribution in [0.25, 0.3) is 0 Å². The first kappa shape index (κ1) is 21.3. The number of halogens is 3. The molecule has 26 heavy (non-hydrogen) atoms. The molecule has 5 nitrogen and oxygen atoms in total. The zero-order chi connectivity index (χ0) is 18.4. The Hall–Kier alpha value is -1.01. The normalized spacial score (nSPS) is 25.2. The molecule has 1 aromatic carbocycles. The van der Waals surface area contributed by atoms with E-state index in [4.69, 9.17) is 28.9 Å². The Morgan fingerprint density at radius 1 is 1.19 bits per heavy atom. The highest BCUT2D eigenvalue weighted by molar-refractivity contribution is 6.42. The van der Waals surface area contributed by atoms with Gasteiger partial charge < -0.3 is 15.5 Å². The van der Waals surface area contributed by atoms with E-state index >= 15 is 0 Å². The lowest BCUT2D eigenvalue weighted by Crippen LogP contribution is -2.55. The summed E-state index contributed by atoms with van der Waals surface area (Å²) in [6.45, 7) is 5.83. The molecule has 0 saturated carbocycles. The van der Waals surface area contributed by atoms with Crippen molar-refractivity contribution in [3.05, 3.63) is 28.2 Å². The van der Waals surface area contributed by atoms with Gasteiger partial charge in [-0.15, -0.1) is 12.4 Å². The first-order valence-corrected chi connectivity index (χ1v) is 9.27. The molecule has 2 fully saturated rings. The van der Waals surface area contributed by atoms with Crippen molar-refractivity contribution in [2.24, 2.45) is 17.1 Å². The molecule has 0 aliphatic carbocycles. The predicted octanol–water partition coefficient (Wildman–Crippen LogP) is 3.35. The molecule has 2 atom stereocenters. The highest BCUT2D eigenvalue weighted by Crippen LogP contribution is 2.33. The van der Waals surface area contributed by atoms with Gasteiger partial charge in [0.15, 0.2) is 0 Å². The molecular formula is C18H24Cl3N3O2. The molecule has 2 N–H and O–H groups in total. The van der Waals surface area contributed by atoms with E-state index in [1.165, 1.54) is 0 Å². The van der Waals surface area contributed by atoms with Crippen molar-refractivity contribution in [3.8, 4) is 0 Å². The zero-order valence-corrected chi connectivity index (χ0v) is 17.2. The van der Waals surface area contributed by atoms with E-state index in [2.05, 4.69) is 13.8 Å². The molecule has 0 aromatic heterocycles. The lowest BCUT2D eigenvalue weighted by atomic mass is 9.79. The van der Waals surface area contributed by atoms with Crippen molar-refractivity contribution in [2.45, 2.75) is 32.7 Å². The second-order valence-electron chi connectivity index (χ2n) is 7.57. The standard InChI is InChI=1S/C18H23Cl2N3O2.ClH/c1-18(2)10-22(7-6-15(18)21)16(24)12-5-8-23(17(12)25)11-3-4-13(19)14(20)9-11;/h3-4,9,12,15H,5-8,10,21H2,1-2H3;1H. The summed E-state index contributed by atoms with van der Waals surface area (Å²) < 4.78 is 0. The maximum absolute atomic E-state index is 12.9. The Bertz CT molecular complexity index is 711. The number of carbonyl (C=O) groups is 2. The largest absolute Gasteiger partial charge is 0.341 e. The third kappa shape index (κ3) is 3.96. The summed E-state index contributed by atoms with van der Waals surface area (Å²) in [7, 11) is 0. The molecular weight excluding hydrogens is 397 g/mol. The zero-order valence-electron chi connectivity index (χ0n) is 14.9. The van der Waals surface area contributed by atoms with Gasteiger partial charge in [-0.2, -0.15) is 0 Å². The van der Waals surface area contributed by atoms with Crippen LogP contribution in [0.15, 0.2) is 18.2 Å². The molecule has 1 aromatic rings. The fourth-order valence-corrected chi connectivity index (χ4v) is 3.89.